The van der Waals surface area contributed by atoms with Crippen molar-refractivity contribution in [2.75, 3.05) is 25.5 Å². The number of halogens is 1. The summed E-state index contributed by atoms with van der Waals surface area (Å²) >= 11 is 6.00. The van der Waals surface area contributed by atoms with Crippen LogP contribution < -0.4 is 5.32 Å². The second-order valence-electron chi connectivity index (χ2n) is 7.11. The summed E-state index contributed by atoms with van der Waals surface area (Å²) in [4.78, 5) is 24.5. The van der Waals surface area contributed by atoms with Crippen molar-refractivity contribution in [1.29, 1.82) is 0 Å². The second-order valence-corrected chi connectivity index (χ2v) is 9.49. The molecule has 1 fully saturated rings. The van der Waals surface area contributed by atoms with Gasteiger partial charge in [0.1, 0.15) is 0 Å². The van der Waals surface area contributed by atoms with Gasteiger partial charge in [0.25, 0.3) is 0 Å². The van der Waals surface area contributed by atoms with E-state index in [1.165, 1.54) is 23.5 Å². The Kier molecular flexibility index (Phi) is 7.12. The number of hydrogen-bond donors (Lipinski definition) is 1. The lowest BCUT2D eigenvalue weighted by Gasteiger charge is -2.31. The standard InChI is InChI=1S/C21H23ClN2O5S/c1-29-21(26)18-12-17(9-10-19(18)22)23-20(25)16-8-5-11-24(13-16)30(27,28)14-15-6-3-2-4-7-15/h2-4,6-7,9-10,12,16H,5,8,11,13-14H2,1H3,(H,23,25)/t16-/m1/s1. The molecular formula is C21H23ClN2O5S. The second kappa shape index (κ2) is 9.59. The van der Waals surface area contributed by atoms with Crippen LogP contribution in [0.15, 0.2) is 48.5 Å². The Morgan fingerprint density at radius 1 is 1.20 bits per heavy atom. The quantitative estimate of drug-likeness (QED) is 0.681. The Hall–Kier alpha value is -2.42. The van der Waals surface area contributed by atoms with Crippen LogP contribution in [0.4, 0.5) is 5.69 Å². The minimum Gasteiger partial charge on any atom is -0.465 e. The molecule has 1 amide bonds. The lowest BCUT2D eigenvalue weighted by Crippen LogP contribution is -2.44. The van der Waals surface area contributed by atoms with Gasteiger partial charge in [-0.3, -0.25) is 4.79 Å². The monoisotopic (exact) mass is 450 g/mol. The maximum absolute atomic E-state index is 12.8. The maximum atomic E-state index is 12.8. The first-order valence-electron chi connectivity index (χ1n) is 9.50. The molecule has 1 aliphatic rings. The molecule has 30 heavy (non-hydrogen) atoms. The van der Waals surface area contributed by atoms with Gasteiger partial charge in [0.15, 0.2) is 0 Å². The SMILES string of the molecule is COC(=O)c1cc(NC(=O)[C@@H]2CCCN(S(=O)(=O)Cc3ccccc3)C2)ccc1Cl. The first-order chi connectivity index (χ1) is 14.3. The van der Waals surface area contributed by atoms with E-state index in [1.807, 2.05) is 6.07 Å². The molecule has 0 aliphatic carbocycles. The number of sulfonamides is 1. The Bertz CT molecular complexity index is 1030. The number of piperidine rings is 1. The predicted octanol–water partition coefficient (Wildman–Crippen LogP) is 3.31. The van der Waals surface area contributed by atoms with Crippen molar-refractivity contribution in [2.24, 2.45) is 5.92 Å². The predicted molar refractivity (Wildman–Crippen MR) is 115 cm³/mol. The minimum absolute atomic E-state index is 0.0954. The normalized spacial score (nSPS) is 17.3. The van der Waals surface area contributed by atoms with Gasteiger partial charge >= 0.3 is 5.97 Å². The van der Waals surface area contributed by atoms with Crippen LogP contribution in [0.5, 0.6) is 0 Å². The van der Waals surface area contributed by atoms with Gasteiger partial charge in [0, 0.05) is 18.8 Å². The van der Waals surface area contributed by atoms with E-state index in [4.69, 9.17) is 11.6 Å². The van der Waals surface area contributed by atoms with Gasteiger partial charge in [-0.15, -0.1) is 0 Å². The summed E-state index contributed by atoms with van der Waals surface area (Å²) in [5.74, 6) is -1.48. The van der Waals surface area contributed by atoms with Crippen LogP contribution in [0.25, 0.3) is 0 Å². The van der Waals surface area contributed by atoms with E-state index in [-0.39, 0.29) is 28.8 Å². The van der Waals surface area contributed by atoms with Crippen LogP contribution in [0, 0.1) is 5.92 Å². The first-order valence-corrected chi connectivity index (χ1v) is 11.5. The van der Waals surface area contributed by atoms with Crippen LogP contribution in [0.3, 0.4) is 0 Å². The number of methoxy groups -OCH3 is 1. The molecule has 0 saturated carbocycles. The Morgan fingerprint density at radius 3 is 2.63 bits per heavy atom. The molecule has 2 aromatic carbocycles. The molecular weight excluding hydrogens is 428 g/mol. The van der Waals surface area contributed by atoms with E-state index >= 15 is 0 Å². The zero-order valence-corrected chi connectivity index (χ0v) is 18.1. The Morgan fingerprint density at radius 2 is 1.93 bits per heavy atom. The van der Waals surface area contributed by atoms with E-state index in [1.54, 1.807) is 30.3 Å². The summed E-state index contributed by atoms with van der Waals surface area (Å²) in [7, 11) is -2.28. The summed E-state index contributed by atoms with van der Waals surface area (Å²) in [5.41, 5.74) is 1.25. The molecule has 160 valence electrons. The molecule has 0 bridgehead atoms. The lowest BCUT2D eigenvalue weighted by molar-refractivity contribution is -0.120. The smallest absolute Gasteiger partial charge is 0.339 e. The van der Waals surface area contributed by atoms with Crippen LogP contribution in [-0.4, -0.2) is 44.8 Å². The number of ether oxygens (including phenoxy) is 1. The molecule has 1 heterocycles. The van der Waals surface area contributed by atoms with Gasteiger partial charge in [-0.1, -0.05) is 41.9 Å². The fourth-order valence-corrected chi connectivity index (χ4v) is 5.20. The molecule has 3 rings (SSSR count). The number of esters is 1. The van der Waals surface area contributed by atoms with E-state index < -0.39 is 21.9 Å². The van der Waals surface area contributed by atoms with E-state index in [0.717, 1.165) is 0 Å². The van der Waals surface area contributed by atoms with Gasteiger partial charge in [0.2, 0.25) is 15.9 Å². The maximum Gasteiger partial charge on any atom is 0.339 e. The average molecular weight is 451 g/mol. The van der Waals surface area contributed by atoms with E-state index in [2.05, 4.69) is 10.1 Å². The first kappa shape index (κ1) is 22.3. The van der Waals surface area contributed by atoms with Crippen molar-refractivity contribution in [3.05, 3.63) is 64.7 Å². The topological polar surface area (TPSA) is 92.8 Å². The fraction of sp³-hybridized carbons (Fsp3) is 0.333. The molecule has 1 N–H and O–H groups in total. The molecule has 0 aromatic heterocycles. The van der Waals surface area contributed by atoms with Crippen molar-refractivity contribution in [3.63, 3.8) is 0 Å². The molecule has 1 atom stereocenters. The third kappa shape index (κ3) is 5.38. The number of carbonyl (C=O) groups is 2. The molecule has 0 radical (unpaired) electrons. The third-order valence-corrected chi connectivity index (χ3v) is 7.13. The number of amides is 1. The summed E-state index contributed by atoms with van der Waals surface area (Å²) in [6.45, 7) is 0.519. The largest absolute Gasteiger partial charge is 0.465 e. The molecule has 2 aromatic rings. The third-order valence-electron chi connectivity index (χ3n) is 4.98. The number of nitrogens with one attached hydrogen (secondary N) is 1. The van der Waals surface area contributed by atoms with Crippen LogP contribution in [-0.2, 0) is 25.3 Å². The minimum atomic E-state index is -3.53. The lowest BCUT2D eigenvalue weighted by atomic mass is 9.98. The van der Waals surface area contributed by atoms with E-state index in [0.29, 0.717) is 30.6 Å². The summed E-state index contributed by atoms with van der Waals surface area (Å²) in [6.07, 6.45) is 1.18. The summed E-state index contributed by atoms with van der Waals surface area (Å²) in [6, 6.07) is 13.5. The highest BCUT2D eigenvalue weighted by atomic mass is 35.5. The summed E-state index contributed by atoms with van der Waals surface area (Å²) < 4.78 is 31.7. The van der Waals surface area contributed by atoms with Gasteiger partial charge in [-0.2, -0.15) is 0 Å². The molecule has 0 unspecified atom stereocenters. The van der Waals surface area contributed by atoms with Crippen LogP contribution >= 0.6 is 11.6 Å². The number of benzene rings is 2. The van der Waals surface area contributed by atoms with Gasteiger partial charge < -0.3 is 10.1 Å². The van der Waals surface area contributed by atoms with Crippen LogP contribution in [0.2, 0.25) is 5.02 Å². The highest BCUT2D eigenvalue weighted by molar-refractivity contribution is 7.88. The number of carbonyl (C=O) groups excluding carboxylic acids is 2. The zero-order chi connectivity index (χ0) is 21.7. The Balaban J connectivity index is 1.68. The average Bonchev–Trinajstić information content (AvgIpc) is 2.75. The van der Waals surface area contributed by atoms with Gasteiger partial charge in [0.05, 0.1) is 29.4 Å². The Labute approximate surface area is 181 Å². The zero-order valence-electron chi connectivity index (χ0n) is 16.5. The molecule has 1 saturated heterocycles. The van der Waals surface area contributed by atoms with Crippen molar-refractivity contribution >= 4 is 39.2 Å². The van der Waals surface area contributed by atoms with Crippen LogP contribution in [0.1, 0.15) is 28.8 Å². The van der Waals surface area contributed by atoms with Crippen molar-refractivity contribution < 1.29 is 22.7 Å². The highest BCUT2D eigenvalue weighted by Gasteiger charge is 2.32. The van der Waals surface area contributed by atoms with Gasteiger partial charge in [-0.25, -0.2) is 17.5 Å². The molecule has 0 spiro atoms. The number of rotatable bonds is 6. The molecule has 7 nitrogen and oxygen atoms in total. The van der Waals surface area contributed by atoms with Crippen molar-refractivity contribution in [1.82, 2.24) is 4.31 Å². The number of anilines is 1. The van der Waals surface area contributed by atoms with E-state index in [9.17, 15) is 18.0 Å². The fourth-order valence-electron chi connectivity index (χ4n) is 3.40. The highest BCUT2D eigenvalue weighted by Crippen LogP contribution is 2.25. The van der Waals surface area contributed by atoms with Crippen molar-refractivity contribution in [2.45, 2.75) is 18.6 Å². The number of nitrogens with zero attached hydrogens (tertiary/aromatic N) is 1. The van der Waals surface area contributed by atoms with Crippen molar-refractivity contribution in [3.8, 4) is 0 Å². The van der Waals surface area contributed by atoms with Gasteiger partial charge in [-0.05, 0) is 36.6 Å². The molecule has 1 aliphatic heterocycles. The number of hydrogen-bond acceptors (Lipinski definition) is 5. The summed E-state index contributed by atoms with van der Waals surface area (Å²) in [5, 5.41) is 2.97. The molecule has 9 heteroatoms.